The Morgan fingerprint density at radius 3 is 1.80 bits per heavy atom. The average Bonchev–Trinajstić information content (AvgIpc) is 1.89. The first-order valence-corrected chi connectivity index (χ1v) is 2.84. The quantitative estimate of drug-likeness (QED) is 0.129. The lowest BCUT2D eigenvalue weighted by Gasteiger charge is -1.81. The Labute approximate surface area is 60.3 Å². The molecule has 0 saturated carbocycles. The maximum absolute atomic E-state index is 7.92. The average molecular weight is 148 g/mol. The maximum atomic E-state index is 7.92. The summed E-state index contributed by atoms with van der Waals surface area (Å²) >= 11 is 0. The van der Waals surface area contributed by atoms with Crippen molar-refractivity contribution in [2.75, 3.05) is 0 Å². The highest BCUT2D eigenvalue weighted by molar-refractivity contribution is 6.40. The van der Waals surface area contributed by atoms with Crippen LogP contribution in [0.5, 0.6) is 0 Å². The normalized spacial score (nSPS) is 9.80. The molecule has 60 valence electrons. The predicted molar refractivity (Wildman–Crippen MR) is 39.8 cm³/mol. The third kappa shape index (κ3) is 26.8. The molecule has 0 saturated heterocycles. The van der Waals surface area contributed by atoms with Crippen molar-refractivity contribution in [3.63, 3.8) is 0 Å². The number of oxime groups is 1. The van der Waals surface area contributed by atoms with E-state index in [1.807, 2.05) is 0 Å². The molecule has 0 bridgehead atoms. The molecule has 0 heterocycles. The lowest BCUT2D eigenvalue weighted by molar-refractivity contribution is 0.318. The summed E-state index contributed by atoms with van der Waals surface area (Å²) in [4.78, 5) is 0. The van der Waals surface area contributed by atoms with Crippen LogP contribution < -0.4 is 5.73 Å². The van der Waals surface area contributed by atoms with Gasteiger partial charge in [0, 0.05) is 0 Å². The van der Waals surface area contributed by atoms with E-state index in [0.717, 1.165) is 0 Å². The summed E-state index contributed by atoms with van der Waals surface area (Å²) < 4.78 is 0. The predicted octanol–water partition coefficient (Wildman–Crippen LogP) is -0.768. The largest absolute Gasteiger partial charge is 0.451 e. The van der Waals surface area contributed by atoms with Gasteiger partial charge in [-0.25, -0.2) is 0 Å². The standard InChI is InChI=1S/C2H7BO2.C2H6N2O/c1-2-3(4)5;1-2(3)4-5/h4-5H,2H2,1H3;5H,1H3,(H2,3,4). The Bertz CT molecular complexity index is 92.5. The summed E-state index contributed by atoms with van der Waals surface area (Å²) in [6, 6.07) is 0. The third-order valence-corrected chi connectivity index (χ3v) is 0.523. The molecule has 0 unspecified atom stereocenters. The molecule has 0 aromatic carbocycles. The molecule has 0 aliphatic rings. The lowest BCUT2D eigenvalue weighted by Crippen LogP contribution is -2.06. The first-order chi connectivity index (χ1) is 4.54. The van der Waals surface area contributed by atoms with Crippen LogP contribution >= 0.6 is 0 Å². The van der Waals surface area contributed by atoms with Crippen LogP contribution in [0.15, 0.2) is 5.16 Å². The van der Waals surface area contributed by atoms with Gasteiger partial charge in [-0.1, -0.05) is 12.1 Å². The van der Waals surface area contributed by atoms with Gasteiger partial charge in [0.1, 0.15) is 5.84 Å². The zero-order valence-electron chi connectivity index (χ0n) is 6.15. The molecular formula is C4H13BN2O3. The van der Waals surface area contributed by atoms with Gasteiger partial charge in [-0.3, -0.25) is 0 Å². The Morgan fingerprint density at radius 1 is 1.60 bits per heavy atom. The molecule has 0 aliphatic heterocycles. The summed E-state index contributed by atoms with van der Waals surface area (Å²) in [6.45, 7) is 3.20. The van der Waals surface area contributed by atoms with Crippen molar-refractivity contribution in [2.45, 2.75) is 20.2 Å². The minimum Gasteiger partial charge on any atom is -0.427 e. The molecule has 0 amide bonds. The maximum Gasteiger partial charge on any atom is 0.451 e. The molecule has 0 aromatic rings. The Kier molecular flexibility index (Phi) is 9.89. The summed E-state index contributed by atoms with van der Waals surface area (Å²) in [5.41, 5.74) is 4.79. The highest BCUT2D eigenvalue weighted by Crippen LogP contribution is 1.73. The molecule has 6 heteroatoms. The van der Waals surface area contributed by atoms with Crippen LogP contribution in [-0.4, -0.2) is 28.2 Å². The second-order valence-electron chi connectivity index (χ2n) is 1.63. The van der Waals surface area contributed by atoms with E-state index in [1.165, 1.54) is 6.92 Å². The van der Waals surface area contributed by atoms with Gasteiger partial charge in [0.05, 0.1) is 0 Å². The molecule has 0 atom stereocenters. The van der Waals surface area contributed by atoms with Gasteiger partial charge in [-0.15, -0.1) is 0 Å². The summed E-state index contributed by atoms with van der Waals surface area (Å²) in [7, 11) is -1.12. The van der Waals surface area contributed by atoms with E-state index in [4.69, 9.17) is 21.0 Å². The van der Waals surface area contributed by atoms with E-state index in [-0.39, 0.29) is 5.84 Å². The first-order valence-electron chi connectivity index (χ1n) is 2.84. The minimum absolute atomic E-state index is 0.185. The van der Waals surface area contributed by atoms with Crippen LogP contribution in [0, 0.1) is 0 Å². The van der Waals surface area contributed by atoms with Crippen LogP contribution in [-0.2, 0) is 0 Å². The fraction of sp³-hybridized carbons (Fsp3) is 0.750. The zero-order chi connectivity index (χ0) is 8.57. The summed E-state index contributed by atoms with van der Waals surface area (Å²) in [5.74, 6) is 0.185. The molecule has 0 radical (unpaired) electrons. The van der Waals surface area contributed by atoms with Gasteiger partial charge < -0.3 is 21.0 Å². The number of nitrogens with zero attached hydrogens (tertiary/aromatic N) is 1. The van der Waals surface area contributed by atoms with Gasteiger partial charge in [0.15, 0.2) is 0 Å². The van der Waals surface area contributed by atoms with E-state index in [0.29, 0.717) is 6.32 Å². The number of rotatable bonds is 1. The Balaban J connectivity index is 0. The first kappa shape index (κ1) is 12.0. The molecule has 5 nitrogen and oxygen atoms in total. The molecule has 0 rings (SSSR count). The van der Waals surface area contributed by atoms with E-state index >= 15 is 0 Å². The summed E-state index contributed by atoms with van der Waals surface area (Å²) in [5, 5.41) is 26.0. The van der Waals surface area contributed by atoms with Gasteiger partial charge in [0.25, 0.3) is 0 Å². The number of hydrogen-bond acceptors (Lipinski definition) is 4. The molecule has 5 N–H and O–H groups in total. The van der Waals surface area contributed by atoms with Crippen LogP contribution in [0.1, 0.15) is 13.8 Å². The van der Waals surface area contributed by atoms with E-state index in [2.05, 4.69) is 5.16 Å². The molecule has 10 heavy (non-hydrogen) atoms. The summed E-state index contributed by atoms with van der Waals surface area (Å²) in [6.07, 6.45) is 0.417. The monoisotopic (exact) mass is 148 g/mol. The highest BCUT2D eigenvalue weighted by atomic mass is 16.4. The van der Waals surface area contributed by atoms with Crippen LogP contribution in [0.4, 0.5) is 0 Å². The van der Waals surface area contributed by atoms with Crippen molar-refractivity contribution >= 4 is 13.0 Å². The smallest absolute Gasteiger partial charge is 0.427 e. The van der Waals surface area contributed by atoms with Crippen LogP contribution in [0.3, 0.4) is 0 Å². The van der Waals surface area contributed by atoms with E-state index in [9.17, 15) is 0 Å². The molecular weight excluding hydrogens is 135 g/mol. The van der Waals surface area contributed by atoms with Gasteiger partial charge in [-0.05, 0) is 13.2 Å². The highest BCUT2D eigenvalue weighted by Gasteiger charge is 1.96. The van der Waals surface area contributed by atoms with Gasteiger partial charge in [-0.2, -0.15) is 0 Å². The van der Waals surface area contributed by atoms with Crippen molar-refractivity contribution < 1.29 is 15.3 Å². The van der Waals surface area contributed by atoms with Crippen molar-refractivity contribution in [3.8, 4) is 0 Å². The third-order valence-electron chi connectivity index (χ3n) is 0.523. The molecule has 0 fully saturated rings. The lowest BCUT2D eigenvalue weighted by atomic mass is 9.88. The zero-order valence-corrected chi connectivity index (χ0v) is 6.15. The van der Waals surface area contributed by atoms with Crippen molar-refractivity contribution in [1.82, 2.24) is 0 Å². The van der Waals surface area contributed by atoms with Crippen molar-refractivity contribution in [2.24, 2.45) is 10.9 Å². The Hall–Kier alpha value is -0.745. The van der Waals surface area contributed by atoms with Crippen LogP contribution in [0.2, 0.25) is 6.32 Å². The SMILES string of the molecule is C/C(N)=N/O.CCB(O)O. The number of nitrogens with two attached hydrogens (primary N) is 1. The second kappa shape index (κ2) is 8.25. The van der Waals surface area contributed by atoms with Gasteiger partial charge in [0.2, 0.25) is 0 Å². The van der Waals surface area contributed by atoms with E-state index in [1.54, 1.807) is 6.92 Å². The fourth-order valence-electron chi connectivity index (χ4n) is 0. The minimum atomic E-state index is -1.12. The topological polar surface area (TPSA) is 99.1 Å². The van der Waals surface area contributed by atoms with Crippen LogP contribution in [0.25, 0.3) is 0 Å². The van der Waals surface area contributed by atoms with Crippen molar-refractivity contribution in [1.29, 1.82) is 0 Å². The van der Waals surface area contributed by atoms with Crippen molar-refractivity contribution in [3.05, 3.63) is 0 Å². The molecule has 0 spiro atoms. The molecule has 0 aromatic heterocycles. The number of amidine groups is 1. The Morgan fingerprint density at radius 2 is 1.80 bits per heavy atom. The molecule has 0 aliphatic carbocycles. The fourth-order valence-corrected chi connectivity index (χ4v) is 0. The number of hydrogen-bond donors (Lipinski definition) is 4. The second-order valence-corrected chi connectivity index (χ2v) is 1.63. The van der Waals surface area contributed by atoms with Gasteiger partial charge >= 0.3 is 7.12 Å². The van der Waals surface area contributed by atoms with E-state index < -0.39 is 7.12 Å².